The molecule has 0 aromatic carbocycles. The lowest BCUT2D eigenvalue weighted by Crippen LogP contribution is -2.51. The van der Waals surface area contributed by atoms with E-state index in [1.807, 2.05) is 31.9 Å². The zero-order valence-corrected chi connectivity index (χ0v) is 21.0. The van der Waals surface area contributed by atoms with Crippen LogP contribution < -0.4 is 20.4 Å². The number of aliphatic hydroxyl groups is 1. The van der Waals surface area contributed by atoms with E-state index >= 15 is 0 Å². The molecule has 0 amide bonds. The van der Waals surface area contributed by atoms with Gasteiger partial charge in [-0.2, -0.15) is 4.89 Å². The number of pyridine rings is 1. The maximum absolute atomic E-state index is 10.1. The zero-order chi connectivity index (χ0) is 24.3. The van der Waals surface area contributed by atoms with Gasteiger partial charge in [-0.25, -0.2) is 15.0 Å². The molecule has 2 atom stereocenters. The highest BCUT2D eigenvalue weighted by Gasteiger charge is 2.47. The van der Waals surface area contributed by atoms with Gasteiger partial charge in [-0.15, -0.1) is 0 Å². The van der Waals surface area contributed by atoms with Crippen LogP contribution in [0.5, 0.6) is 5.75 Å². The number of aliphatic hydroxyl groups excluding tert-OH is 1. The Morgan fingerprint density at radius 3 is 2.74 bits per heavy atom. The van der Waals surface area contributed by atoms with Crippen LogP contribution >= 0.6 is 11.8 Å². The van der Waals surface area contributed by atoms with Gasteiger partial charge in [0.25, 0.3) is 0 Å². The van der Waals surface area contributed by atoms with Gasteiger partial charge in [0.1, 0.15) is 10.7 Å². The molecule has 0 aliphatic carbocycles. The first-order valence-electron chi connectivity index (χ1n) is 11.6. The van der Waals surface area contributed by atoms with E-state index in [0.29, 0.717) is 28.9 Å². The van der Waals surface area contributed by atoms with E-state index in [2.05, 4.69) is 14.9 Å². The molecule has 1 spiro atoms. The Hall–Kier alpha value is -2.18. The second kappa shape index (κ2) is 10.6. The molecular formula is C23H34N6O4S. The zero-order valence-electron chi connectivity index (χ0n) is 20.2. The van der Waals surface area contributed by atoms with Crippen molar-refractivity contribution in [3.05, 3.63) is 24.2 Å². The number of aromatic nitrogens is 3. The molecule has 2 saturated heterocycles. The standard InChI is InChI=1S/C23H34N6O4S/c1-5-28(3)22-19(33-31-4)17(6-9-25-22)34-18-12-26-21(16(13-30)27-18)29-10-7-23(8-11-29)14-32-15(2)20(23)24/h6,9,12,15,20,30H,5,7-8,10-11,13-14,24H2,1-4H3/t15-,20+/m0/s1. The molecule has 34 heavy (non-hydrogen) atoms. The van der Waals surface area contributed by atoms with Crippen molar-refractivity contribution in [3.8, 4) is 5.75 Å². The van der Waals surface area contributed by atoms with Gasteiger partial charge in [0.2, 0.25) is 5.75 Å². The molecular weight excluding hydrogens is 456 g/mol. The lowest BCUT2D eigenvalue weighted by molar-refractivity contribution is -0.179. The Kier molecular flexibility index (Phi) is 7.78. The lowest BCUT2D eigenvalue weighted by Gasteiger charge is -2.41. The third kappa shape index (κ3) is 4.80. The molecule has 0 radical (unpaired) electrons. The first kappa shape index (κ1) is 24.9. The van der Waals surface area contributed by atoms with Crippen LogP contribution in [0.25, 0.3) is 0 Å². The first-order chi connectivity index (χ1) is 16.4. The molecule has 4 heterocycles. The molecule has 10 nitrogen and oxygen atoms in total. The van der Waals surface area contributed by atoms with Crippen LogP contribution in [-0.4, -0.2) is 72.6 Å². The maximum atomic E-state index is 10.1. The summed E-state index contributed by atoms with van der Waals surface area (Å²) in [6, 6.07) is 1.90. The number of hydrogen-bond donors (Lipinski definition) is 2. The minimum absolute atomic E-state index is 0.0287. The fraction of sp³-hybridized carbons (Fsp3) is 0.609. The smallest absolute Gasteiger partial charge is 0.221 e. The van der Waals surface area contributed by atoms with Crippen LogP contribution in [-0.2, 0) is 16.2 Å². The van der Waals surface area contributed by atoms with Crippen LogP contribution in [0.3, 0.4) is 0 Å². The van der Waals surface area contributed by atoms with Crippen LogP contribution in [0, 0.1) is 5.41 Å². The summed E-state index contributed by atoms with van der Waals surface area (Å²) in [7, 11) is 3.40. The van der Waals surface area contributed by atoms with Crippen molar-refractivity contribution < 1.29 is 19.6 Å². The third-order valence-corrected chi connectivity index (χ3v) is 7.87. The summed E-state index contributed by atoms with van der Waals surface area (Å²) in [5.74, 6) is 1.91. The Labute approximate surface area is 204 Å². The van der Waals surface area contributed by atoms with Crippen molar-refractivity contribution in [2.45, 2.75) is 55.4 Å². The second-order valence-electron chi connectivity index (χ2n) is 8.86. The summed E-state index contributed by atoms with van der Waals surface area (Å²) >= 11 is 1.39. The summed E-state index contributed by atoms with van der Waals surface area (Å²) in [5.41, 5.74) is 7.03. The molecule has 4 rings (SSSR count). The van der Waals surface area contributed by atoms with Gasteiger partial charge < -0.3 is 30.3 Å². The highest BCUT2D eigenvalue weighted by Crippen LogP contribution is 2.43. The third-order valence-electron chi connectivity index (χ3n) is 6.92. The van der Waals surface area contributed by atoms with E-state index < -0.39 is 0 Å². The molecule has 0 bridgehead atoms. The number of rotatable bonds is 8. The molecule has 0 saturated carbocycles. The van der Waals surface area contributed by atoms with Crippen LogP contribution in [0.1, 0.15) is 32.4 Å². The van der Waals surface area contributed by atoms with Crippen LogP contribution in [0.2, 0.25) is 0 Å². The average molecular weight is 491 g/mol. The predicted octanol–water partition coefficient (Wildman–Crippen LogP) is 2.24. The van der Waals surface area contributed by atoms with Crippen molar-refractivity contribution in [3.63, 3.8) is 0 Å². The topological polar surface area (TPSA) is 119 Å². The Morgan fingerprint density at radius 2 is 2.12 bits per heavy atom. The van der Waals surface area contributed by atoms with Crippen molar-refractivity contribution in [2.24, 2.45) is 11.1 Å². The fourth-order valence-electron chi connectivity index (χ4n) is 4.66. The molecule has 2 aromatic heterocycles. The minimum Gasteiger partial charge on any atom is -0.390 e. The second-order valence-corrected chi connectivity index (χ2v) is 9.92. The van der Waals surface area contributed by atoms with Crippen molar-refractivity contribution in [2.75, 3.05) is 50.2 Å². The maximum Gasteiger partial charge on any atom is 0.221 e. The quantitative estimate of drug-likeness (QED) is 0.419. The molecule has 0 unspecified atom stereocenters. The van der Waals surface area contributed by atoms with Crippen molar-refractivity contribution in [1.29, 1.82) is 0 Å². The number of piperidine rings is 1. The normalized spacial score (nSPS) is 21.8. The van der Waals surface area contributed by atoms with E-state index in [1.165, 1.54) is 18.9 Å². The molecule has 2 aliphatic heterocycles. The van der Waals surface area contributed by atoms with Gasteiger partial charge in [-0.1, -0.05) is 11.8 Å². The fourth-order valence-corrected chi connectivity index (χ4v) is 5.49. The summed E-state index contributed by atoms with van der Waals surface area (Å²) in [5, 5.41) is 10.7. The number of hydrogen-bond acceptors (Lipinski definition) is 11. The number of nitrogens with two attached hydrogens (primary N) is 1. The van der Waals surface area contributed by atoms with Gasteiger partial charge in [-0.3, -0.25) is 0 Å². The van der Waals surface area contributed by atoms with Gasteiger partial charge in [0.15, 0.2) is 11.6 Å². The van der Waals surface area contributed by atoms with Gasteiger partial charge in [0, 0.05) is 44.3 Å². The van der Waals surface area contributed by atoms with Gasteiger partial charge >= 0.3 is 0 Å². The molecule has 2 aliphatic rings. The monoisotopic (exact) mass is 490 g/mol. The minimum atomic E-state index is -0.195. The summed E-state index contributed by atoms with van der Waals surface area (Å²) in [6.07, 6.45) is 5.42. The predicted molar refractivity (Wildman–Crippen MR) is 130 cm³/mol. The Balaban J connectivity index is 1.53. The van der Waals surface area contributed by atoms with Gasteiger partial charge in [-0.05, 0) is 32.8 Å². The molecule has 186 valence electrons. The molecule has 2 fully saturated rings. The van der Waals surface area contributed by atoms with Crippen LogP contribution in [0.15, 0.2) is 28.4 Å². The summed E-state index contributed by atoms with van der Waals surface area (Å²) in [6.45, 7) is 6.97. The highest BCUT2D eigenvalue weighted by molar-refractivity contribution is 7.99. The number of anilines is 2. The SMILES string of the molecule is CCN(C)c1nccc(Sc2cnc(N3CCC4(CC3)CO[C@@H](C)[C@H]4N)c(CO)n2)c1OOC. The van der Waals surface area contributed by atoms with E-state index in [0.717, 1.165) is 43.2 Å². The van der Waals surface area contributed by atoms with E-state index in [9.17, 15) is 5.11 Å². The van der Waals surface area contributed by atoms with Crippen molar-refractivity contribution >= 4 is 23.4 Å². The number of ether oxygens (including phenoxy) is 1. The highest BCUT2D eigenvalue weighted by atomic mass is 32.2. The first-order valence-corrected chi connectivity index (χ1v) is 12.4. The average Bonchev–Trinajstić information content (AvgIpc) is 3.13. The molecule has 2 aromatic rings. The summed E-state index contributed by atoms with van der Waals surface area (Å²) < 4.78 is 5.83. The van der Waals surface area contributed by atoms with Gasteiger partial charge in [0.05, 0.1) is 37.5 Å². The van der Waals surface area contributed by atoms with E-state index in [-0.39, 0.29) is 24.2 Å². The lowest BCUT2D eigenvalue weighted by atomic mass is 9.73. The van der Waals surface area contributed by atoms with E-state index in [4.69, 9.17) is 25.2 Å². The van der Waals surface area contributed by atoms with Crippen molar-refractivity contribution in [1.82, 2.24) is 15.0 Å². The van der Waals surface area contributed by atoms with Crippen LogP contribution in [0.4, 0.5) is 11.6 Å². The molecule has 3 N–H and O–H groups in total. The largest absolute Gasteiger partial charge is 0.390 e. The Morgan fingerprint density at radius 1 is 1.35 bits per heavy atom. The summed E-state index contributed by atoms with van der Waals surface area (Å²) in [4.78, 5) is 29.2. The van der Waals surface area contributed by atoms with E-state index in [1.54, 1.807) is 12.4 Å². The number of nitrogens with zero attached hydrogens (tertiary/aromatic N) is 5. The Bertz CT molecular complexity index is 988. The molecule has 11 heteroatoms.